The van der Waals surface area contributed by atoms with Crippen molar-refractivity contribution >= 4 is 12.2 Å². The van der Waals surface area contributed by atoms with Crippen molar-refractivity contribution in [1.82, 2.24) is 4.90 Å². The third-order valence-electron chi connectivity index (χ3n) is 1.38. The Hall–Kier alpha value is -0.900. The fourth-order valence-electron chi connectivity index (χ4n) is 0.833. The summed E-state index contributed by atoms with van der Waals surface area (Å²) >= 11 is 0. The van der Waals surface area contributed by atoms with Crippen molar-refractivity contribution in [2.24, 2.45) is 0 Å². The molecule has 0 atom stereocenters. The van der Waals surface area contributed by atoms with Crippen LogP contribution in [0, 0.1) is 0 Å². The van der Waals surface area contributed by atoms with Gasteiger partial charge in [0, 0.05) is 6.54 Å². The molecule has 1 heterocycles. The highest BCUT2D eigenvalue weighted by atomic mass is 16.5. The molecule has 1 fully saturated rings. The Bertz CT molecular complexity index is 146. The molecule has 0 bridgehead atoms. The van der Waals surface area contributed by atoms with E-state index in [0.717, 1.165) is 6.29 Å². The van der Waals surface area contributed by atoms with Crippen LogP contribution in [0.2, 0.25) is 0 Å². The summed E-state index contributed by atoms with van der Waals surface area (Å²) in [6.07, 6.45) is 0.725. The molecule has 0 aromatic rings. The molecule has 1 aliphatic rings. The van der Waals surface area contributed by atoms with E-state index in [9.17, 15) is 9.59 Å². The highest BCUT2D eigenvalue weighted by molar-refractivity contribution is 5.80. The largest absolute Gasteiger partial charge is 0.370 e. The number of carbonyl (C=O) groups excluding carboxylic acids is 2. The second kappa shape index (κ2) is 3.31. The monoisotopic (exact) mass is 143 g/mol. The highest BCUT2D eigenvalue weighted by Gasteiger charge is 2.16. The topological polar surface area (TPSA) is 46.6 Å². The van der Waals surface area contributed by atoms with E-state index in [1.807, 2.05) is 0 Å². The van der Waals surface area contributed by atoms with Gasteiger partial charge in [0.25, 0.3) is 0 Å². The van der Waals surface area contributed by atoms with E-state index >= 15 is 0 Å². The quantitative estimate of drug-likeness (QED) is 0.468. The highest BCUT2D eigenvalue weighted by Crippen LogP contribution is 1.95. The van der Waals surface area contributed by atoms with Gasteiger partial charge in [-0.25, -0.2) is 0 Å². The Balaban J connectivity index is 2.39. The van der Waals surface area contributed by atoms with Crippen LogP contribution in [-0.2, 0) is 14.3 Å². The van der Waals surface area contributed by atoms with Gasteiger partial charge in [-0.15, -0.1) is 0 Å². The summed E-state index contributed by atoms with van der Waals surface area (Å²) in [5.74, 6) is -0.0987. The maximum Gasteiger partial charge on any atom is 0.249 e. The maximum absolute atomic E-state index is 10.8. The molecular formula is C6H9NO3. The molecule has 4 heteroatoms. The molecule has 10 heavy (non-hydrogen) atoms. The third kappa shape index (κ3) is 1.54. The van der Waals surface area contributed by atoms with Gasteiger partial charge in [-0.05, 0) is 0 Å². The van der Waals surface area contributed by atoms with Crippen LogP contribution in [0.3, 0.4) is 0 Å². The molecule has 0 spiro atoms. The summed E-state index contributed by atoms with van der Waals surface area (Å²) in [6, 6.07) is 0. The number of carbonyl (C=O) groups is 2. The molecule has 1 saturated heterocycles. The first-order valence-corrected chi connectivity index (χ1v) is 3.14. The van der Waals surface area contributed by atoms with Crippen molar-refractivity contribution in [3.05, 3.63) is 0 Å². The predicted molar refractivity (Wildman–Crippen MR) is 33.5 cm³/mol. The third-order valence-corrected chi connectivity index (χ3v) is 1.38. The second-order valence-corrected chi connectivity index (χ2v) is 2.06. The first-order chi connectivity index (χ1) is 4.84. The van der Waals surface area contributed by atoms with Gasteiger partial charge >= 0.3 is 0 Å². The normalized spacial score (nSPS) is 19.2. The first kappa shape index (κ1) is 7.21. The minimum atomic E-state index is -0.0987. The molecule has 0 aromatic carbocycles. The molecule has 0 unspecified atom stereocenters. The van der Waals surface area contributed by atoms with E-state index < -0.39 is 0 Å². The van der Waals surface area contributed by atoms with Crippen LogP contribution in [0.15, 0.2) is 0 Å². The lowest BCUT2D eigenvalue weighted by Crippen LogP contribution is -2.42. The molecule has 1 rings (SSSR count). The standard InChI is InChI=1S/C6H9NO3/c8-3-1-7-2-4-10-5-6(7)9/h3H,1-2,4-5H2. The van der Waals surface area contributed by atoms with Gasteiger partial charge in [-0.1, -0.05) is 0 Å². The maximum atomic E-state index is 10.8. The Kier molecular flexibility index (Phi) is 2.39. The average molecular weight is 143 g/mol. The summed E-state index contributed by atoms with van der Waals surface area (Å²) in [4.78, 5) is 22.3. The average Bonchev–Trinajstić information content (AvgIpc) is 1.94. The van der Waals surface area contributed by atoms with Gasteiger partial charge in [0.2, 0.25) is 5.91 Å². The van der Waals surface area contributed by atoms with Crippen molar-refractivity contribution in [2.45, 2.75) is 0 Å². The number of nitrogens with zero attached hydrogens (tertiary/aromatic N) is 1. The van der Waals surface area contributed by atoms with E-state index in [1.165, 1.54) is 4.90 Å². The van der Waals surface area contributed by atoms with Crippen LogP contribution in [-0.4, -0.2) is 43.4 Å². The fraction of sp³-hybridized carbons (Fsp3) is 0.667. The minimum absolute atomic E-state index is 0.0987. The SMILES string of the molecule is O=CCN1CCOCC1=O. The van der Waals surface area contributed by atoms with Crippen molar-refractivity contribution in [3.8, 4) is 0 Å². The zero-order valence-corrected chi connectivity index (χ0v) is 5.58. The molecule has 1 amide bonds. The van der Waals surface area contributed by atoms with Gasteiger partial charge in [-0.3, -0.25) is 4.79 Å². The lowest BCUT2D eigenvalue weighted by molar-refractivity contribution is -0.143. The molecule has 4 nitrogen and oxygen atoms in total. The van der Waals surface area contributed by atoms with Crippen LogP contribution >= 0.6 is 0 Å². The van der Waals surface area contributed by atoms with Gasteiger partial charge < -0.3 is 14.4 Å². The first-order valence-electron chi connectivity index (χ1n) is 3.14. The van der Waals surface area contributed by atoms with E-state index in [4.69, 9.17) is 4.74 Å². The predicted octanol–water partition coefficient (Wildman–Crippen LogP) is -0.956. The smallest absolute Gasteiger partial charge is 0.249 e. The number of hydrogen-bond acceptors (Lipinski definition) is 3. The van der Waals surface area contributed by atoms with E-state index in [2.05, 4.69) is 0 Å². The molecule has 1 aliphatic heterocycles. The second-order valence-electron chi connectivity index (χ2n) is 2.06. The van der Waals surface area contributed by atoms with Crippen LogP contribution in [0.4, 0.5) is 0 Å². The van der Waals surface area contributed by atoms with Crippen LogP contribution in [0.1, 0.15) is 0 Å². The number of aldehydes is 1. The lowest BCUT2D eigenvalue weighted by atomic mass is 10.4. The number of morpholine rings is 1. The summed E-state index contributed by atoms with van der Waals surface area (Å²) in [6.45, 7) is 1.40. The van der Waals surface area contributed by atoms with E-state index in [-0.39, 0.29) is 19.1 Å². The van der Waals surface area contributed by atoms with Crippen LogP contribution in [0.25, 0.3) is 0 Å². The van der Waals surface area contributed by atoms with Crippen molar-refractivity contribution in [1.29, 1.82) is 0 Å². The van der Waals surface area contributed by atoms with Crippen LogP contribution in [0.5, 0.6) is 0 Å². The van der Waals surface area contributed by atoms with Crippen LogP contribution < -0.4 is 0 Å². The Morgan fingerprint density at radius 3 is 3.10 bits per heavy atom. The molecule has 0 N–H and O–H groups in total. The molecule has 0 saturated carbocycles. The van der Waals surface area contributed by atoms with Gasteiger partial charge in [0.1, 0.15) is 12.9 Å². The molecule has 0 aliphatic carbocycles. The van der Waals surface area contributed by atoms with E-state index in [1.54, 1.807) is 0 Å². The summed E-state index contributed by atoms with van der Waals surface area (Å²) < 4.78 is 4.85. The fourth-order valence-corrected chi connectivity index (χ4v) is 0.833. The summed E-state index contributed by atoms with van der Waals surface area (Å²) in [5.41, 5.74) is 0. The minimum Gasteiger partial charge on any atom is -0.370 e. The van der Waals surface area contributed by atoms with E-state index in [0.29, 0.717) is 13.2 Å². The zero-order chi connectivity index (χ0) is 7.40. The summed E-state index contributed by atoms with van der Waals surface area (Å²) in [7, 11) is 0. The number of amides is 1. The van der Waals surface area contributed by atoms with Gasteiger partial charge in [-0.2, -0.15) is 0 Å². The molecular weight excluding hydrogens is 134 g/mol. The number of hydrogen-bond donors (Lipinski definition) is 0. The Morgan fingerprint density at radius 1 is 1.70 bits per heavy atom. The molecule has 0 aromatic heterocycles. The Labute approximate surface area is 58.8 Å². The van der Waals surface area contributed by atoms with Crippen molar-refractivity contribution < 1.29 is 14.3 Å². The van der Waals surface area contributed by atoms with Crippen molar-refractivity contribution in [2.75, 3.05) is 26.3 Å². The number of ether oxygens (including phenoxy) is 1. The lowest BCUT2D eigenvalue weighted by Gasteiger charge is -2.24. The zero-order valence-electron chi connectivity index (χ0n) is 5.58. The molecule has 56 valence electrons. The number of rotatable bonds is 2. The Morgan fingerprint density at radius 2 is 2.50 bits per heavy atom. The summed E-state index contributed by atoms with van der Waals surface area (Å²) in [5, 5.41) is 0. The molecule has 0 radical (unpaired) electrons. The van der Waals surface area contributed by atoms with Crippen molar-refractivity contribution in [3.63, 3.8) is 0 Å². The van der Waals surface area contributed by atoms with Gasteiger partial charge in [0.05, 0.1) is 13.2 Å². The van der Waals surface area contributed by atoms with Gasteiger partial charge in [0.15, 0.2) is 0 Å².